The number of amides is 1. The van der Waals surface area contributed by atoms with Gasteiger partial charge >= 0.3 is 5.97 Å². The van der Waals surface area contributed by atoms with Crippen LogP contribution in [0.3, 0.4) is 0 Å². The van der Waals surface area contributed by atoms with E-state index in [0.717, 1.165) is 31.6 Å². The third-order valence-corrected chi connectivity index (χ3v) is 7.68. The predicted octanol–water partition coefficient (Wildman–Crippen LogP) is 4.67. The average Bonchev–Trinajstić information content (AvgIpc) is 3.18. The fraction of sp³-hybridized carbons (Fsp3) is 0.357. The quantitative estimate of drug-likeness (QED) is 0.506. The molecular formula is C28H31Cl2N3O4. The van der Waals surface area contributed by atoms with Gasteiger partial charge in [-0.3, -0.25) is 9.69 Å². The minimum atomic E-state index is -0.998. The number of fused-ring (bicyclic) bond motifs is 1. The Bertz CT molecular complexity index is 1320. The van der Waals surface area contributed by atoms with Crippen molar-refractivity contribution < 1.29 is 19.4 Å². The fourth-order valence-electron chi connectivity index (χ4n) is 5.31. The first-order valence-corrected chi connectivity index (χ1v) is 12.6. The van der Waals surface area contributed by atoms with Crippen molar-refractivity contribution in [2.24, 2.45) is 7.05 Å². The lowest BCUT2D eigenvalue weighted by Gasteiger charge is -2.40. The molecule has 0 unspecified atom stereocenters. The number of halogens is 2. The average molecular weight is 544 g/mol. The molecule has 196 valence electrons. The van der Waals surface area contributed by atoms with Crippen molar-refractivity contribution in [3.8, 4) is 11.3 Å². The van der Waals surface area contributed by atoms with E-state index in [0.29, 0.717) is 47.3 Å². The van der Waals surface area contributed by atoms with Crippen LogP contribution >= 0.6 is 24.0 Å². The molecule has 1 saturated heterocycles. The molecule has 3 aromatic rings. The molecule has 3 heterocycles. The number of ether oxygens (including phenoxy) is 1. The van der Waals surface area contributed by atoms with Gasteiger partial charge in [-0.1, -0.05) is 35.9 Å². The summed E-state index contributed by atoms with van der Waals surface area (Å²) in [5.74, 6) is -1.08. The first-order chi connectivity index (χ1) is 17.3. The molecule has 37 heavy (non-hydrogen) atoms. The Morgan fingerprint density at radius 2 is 1.76 bits per heavy atom. The minimum absolute atomic E-state index is 0. The lowest BCUT2D eigenvalue weighted by Crippen LogP contribution is -2.52. The van der Waals surface area contributed by atoms with E-state index in [1.54, 1.807) is 31.2 Å². The van der Waals surface area contributed by atoms with Crippen molar-refractivity contribution in [1.29, 1.82) is 0 Å². The summed E-state index contributed by atoms with van der Waals surface area (Å²) < 4.78 is 7.33. The lowest BCUT2D eigenvalue weighted by molar-refractivity contribution is 0.0193. The molecule has 2 aliphatic heterocycles. The topological polar surface area (TPSA) is 75.0 Å². The Morgan fingerprint density at radius 3 is 2.43 bits per heavy atom. The van der Waals surface area contributed by atoms with Gasteiger partial charge in [0.1, 0.15) is 0 Å². The van der Waals surface area contributed by atoms with Crippen LogP contribution in [0.1, 0.15) is 37.5 Å². The zero-order chi connectivity index (χ0) is 25.4. The maximum Gasteiger partial charge on any atom is 0.337 e. The van der Waals surface area contributed by atoms with E-state index in [-0.39, 0.29) is 29.9 Å². The van der Waals surface area contributed by atoms with Gasteiger partial charge in [-0.2, -0.15) is 0 Å². The normalized spacial score (nSPS) is 17.7. The van der Waals surface area contributed by atoms with E-state index in [4.69, 9.17) is 16.3 Å². The van der Waals surface area contributed by atoms with E-state index in [1.807, 2.05) is 22.6 Å². The molecule has 1 atom stereocenters. The molecule has 1 N–H and O–H groups in total. The van der Waals surface area contributed by atoms with Gasteiger partial charge in [-0.15, -0.1) is 12.4 Å². The number of aromatic carboxylic acids is 1. The second-order valence-corrected chi connectivity index (χ2v) is 9.99. The largest absolute Gasteiger partial charge is 0.478 e. The molecule has 0 spiro atoms. The number of carbonyl (C=O) groups excluding carboxylic acids is 1. The Hall–Kier alpha value is -2.84. The lowest BCUT2D eigenvalue weighted by atomic mass is 9.92. The van der Waals surface area contributed by atoms with E-state index in [9.17, 15) is 14.7 Å². The van der Waals surface area contributed by atoms with E-state index in [2.05, 4.69) is 23.1 Å². The minimum Gasteiger partial charge on any atom is -0.478 e. The molecule has 1 amide bonds. The Labute approximate surface area is 228 Å². The van der Waals surface area contributed by atoms with Crippen LogP contribution in [0.15, 0.2) is 48.5 Å². The molecule has 0 aliphatic carbocycles. The van der Waals surface area contributed by atoms with Crippen LogP contribution in [0, 0.1) is 6.92 Å². The standard InChI is InChI=1S/C28H30ClN3O4.ClH/c1-18-24(28(34)35)15-26(30(18)2)25-14-21(29)7-8-23(25)27(33)32-16-20-6-4-3-5-19(20)13-22(32)17-31-9-11-36-12-10-31;/h3-8,14-15,22H,9-13,16-17H2,1-2H3,(H,34,35);1H/t22-;/m0./s1. The third-order valence-electron chi connectivity index (χ3n) is 7.44. The summed E-state index contributed by atoms with van der Waals surface area (Å²) in [4.78, 5) is 30.3. The summed E-state index contributed by atoms with van der Waals surface area (Å²) >= 11 is 6.37. The molecule has 5 rings (SSSR count). The number of nitrogens with zero attached hydrogens (tertiary/aromatic N) is 3. The first kappa shape index (κ1) is 27.2. The van der Waals surface area contributed by atoms with Crippen molar-refractivity contribution in [3.05, 3.63) is 81.5 Å². The molecule has 7 nitrogen and oxygen atoms in total. The Morgan fingerprint density at radius 1 is 1.05 bits per heavy atom. The summed E-state index contributed by atoms with van der Waals surface area (Å²) in [5.41, 5.74) is 5.06. The highest BCUT2D eigenvalue weighted by atomic mass is 35.5. The highest BCUT2D eigenvalue weighted by Gasteiger charge is 2.33. The monoisotopic (exact) mass is 543 g/mol. The molecular weight excluding hydrogens is 513 g/mol. The van der Waals surface area contributed by atoms with Crippen LogP contribution < -0.4 is 0 Å². The maximum atomic E-state index is 14.2. The number of hydrogen-bond acceptors (Lipinski definition) is 4. The highest BCUT2D eigenvalue weighted by Crippen LogP contribution is 2.33. The Kier molecular flexibility index (Phi) is 8.29. The summed E-state index contributed by atoms with van der Waals surface area (Å²) in [5, 5.41) is 10.1. The van der Waals surface area contributed by atoms with Crippen LogP contribution in [-0.2, 0) is 24.8 Å². The zero-order valence-corrected chi connectivity index (χ0v) is 22.5. The van der Waals surface area contributed by atoms with Gasteiger partial charge in [0, 0.05) is 66.8 Å². The van der Waals surface area contributed by atoms with Gasteiger partial charge in [0.15, 0.2) is 0 Å². The molecule has 0 bridgehead atoms. The number of hydrogen-bond donors (Lipinski definition) is 1. The van der Waals surface area contributed by atoms with Gasteiger partial charge < -0.3 is 19.3 Å². The van der Waals surface area contributed by atoms with E-state index < -0.39 is 5.97 Å². The zero-order valence-electron chi connectivity index (χ0n) is 20.9. The number of aromatic nitrogens is 1. The van der Waals surface area contributed by atoms with Gasteiger partial charge in [-0.25, -0.2) is 4.79 Å². The molecule has 0 radical (unpaired) electrons. The molecule has 1 fully saturated rings. The van der Waals surface area contributed by atoms with Crippen LogP contribution in [0.5, 0.6) is 0 Å². The summed E-state index contributed by atoms with van der Waals surface area (Å²) in [6.07, 6.45) is 0.786. The molecule has 2 aliphatic rings. The third kappa shape index (κ3) is 5.41. The van der Waals surface area contributed by atoms with Gasteiger partial charge in [0.05, 0.1) is 18.8 Å². The molecule has 2 aromatic carbocycles. The molecule has 9 heteroatoms. The second-order valence-electron chi connectivity index (χ2n) is 9.56. The van der Waals surface area contributed by atoms with Crippen molar-refractivity contribution in [2.45, 2.75) is 25.9 Å². The smallest absolute Gasteiger partial charge is 0.337 e. The number of rotatable bonds is 5. The van der Waals surface area contributed by atoms with Crippen molar-refractivity contribution in [1.82, 2.24) is 14.4 Å². The van der Waals surface area contributed by atoms with Gasteiger partial charge in [0.2, 0.25) is 0 Å². The van der Waals surface area contributed by atoms with Crippen LogP contribution in [0.2, 0.25) is 5.02 Å². The van der Waals surface area contributed by atoms with Crippen molar-refractivity contribution in [2.75, 3.05) is 32.8 Å². The Balaban J connectivity index is 0.00000320. The number of carboxylic acid groups (broad SMARTS) is 1. The van der Waals surface area contributed by atoms with Crippen molar-refractivity contribution >= 4 is 35.9 Å². The number of carboxylic acids is 1. The SMILES string of the molecule is Cc1c(C(=O)O)cc(-c2cc(Cl)ccc2C(=O)N2Cc3ccccc3C[C@H]2CN2CCOCC2)n1C.Cl. The predicted molar refractivity (Wildman–Crippen MR) is 146 cm³/mol. The highest BCUT2D eigenvalue weighted by molar-refractivity contribution is 6.31. The summed E-state index contributed by atoms with van der Waals surface area (Å²) in [7, 11) is 1.81. The first-order valence-electron chi connectivity index (χ1n) is 12.2. The van der Waals surface area contributed by atoms with E-state index >= 15 is 0 Å². The second kappa shape index (κ2) is 11.3. The fourth-order valence-corrected chi connectivity index (χ4v) is 5.49. The number of benzene rings is 2. The van der Waals surface area contributed by atoms with Crippen LogP contribution in [-0.4, -0.2) is 70.2 Å². The van der Waals surface area contributed by atoms with Crippen LogP contribution in [0.4, 0.5) is 0 Å². The van der Waals surface area contributed by atoms with Gasteiger partial charge in [0.25, 0.3) is 5.91 Å². The number of carbonyl (C=O) groups is 2. The maximum absolute atomic E-state index is 14.2. The van der Waals surface area contributed by atoms with Crippen molar-refractivity contribution in [3.63, 3.8) is 0 Å². The summed E-state index contributed by atoms with van der Waals surface area (Å²) in [6.45, 7) is 6.19. The van der Waals surface area contributed by atoms with Crippen LogP contribution in [0.25, 0.3) is 11.3 Å². The number of morpholine rings is 1. The molecule has 1 aromatic heterocycles. The molecule has 0 saturated carbocycles. The summed E-state index contributed by atoms with van der Waals surface area (Å²) in [6, 6.07) is 15.2. The van der Waals surface area contributed by atoms with E-state index in [1.165, 1.54) is 5.56 Å². The van der Waals surface area contributed by atoms with Gasteiger partial charge in [-0.05, 0) is 48.7 Å².